The predicted octanol–water partition coefficient (Wildman–Crippen LogP) is 1.76. The third kappa shape index (κ3) is 5.76. The van der Waals surface area contributed by atoms with Crippen molar-refractivity contribution in [2.75, 3.05) is 11.0 Å². The number of anilines is 1. The van der Waals surface area contributed by atoms with Crippen molar-refractivity contribution in [2.45, 2.75) is 12.5 Å². The van der Waals surface area contributed by atoms with E-state index in [0.717, 1.165) is 10.8 Å². The smallest absolute Gasteiger partial charge is 0.335 e. The van der Waals surface area contributed by atoms with Crippen LogP contribution in [0.1, 0.15) is 15.9 Å². The van der Waals surface area contributed by atoms with Gasteiger partial charge in [-0.25, -0.2) is 31.4 Å². The Labute approximate surface area is 225 Å². The van der Waals surface area contributed by atoms with Gasteiger partial charge in [-0.2, -0.15) is 0 Å². The molecular weight excluding hydrogens is 550 g/mol. The number of hydrogen-bond acceptors (Lipinski definition) is 6. The van der Waals surface area contributed by atoms with Gasteiger partial charge in [-0.3, -0.25) is 14.3 Å². The molecule has 3 aromatic carbocycles. The average Bonchev–Trinajstić information content (AvgIpc) is 2.85. The minimum Gasteiger partial charge on any atom is -0.480 e. The lowest BCUT2D eigenvalue weighted by molar-refractivity contribution is -0.139. The Hall–Kier alpha value is -4.85. The maximum atomic E-state index is 14.6. The summed E-state index contributed by atoms with van der Waals surface area (Å²) in [6, 6.07) is 10.3. The summed E-state index contributed by atoms with van der Waals surface area (Å²) in [7, 11) is -2.37. The van der Waals surface area contributed by atoms with Crippen molar-refractivity contribution in [3.05, 3.63) is 104 Å². The number of fused-ring (bicyclic) bond motifs is 1. The van der Waals surface area contributed by atoms with Crippen LogP contribution in [0, 0.1) is 11.6 Å². The highest BCUT2D eigenvalue weighted by Gasteiger charge is 2.26. The predicted molar refractivity (Wildman–Crippen MR) is 142 cm³/mol. The number of nitrogens with zero attached hydrogens (tertiary/aromatic N) is 2. The molecule has 0 aliphatic rings. The number of halogens is 2. The Balaban J connectivity index is 1.69. The van der Waals surface area contributed by atoms with Crippen LogP contribution in [-0.4, -0.2) is 46.8 Å². The number of nitrogens with one attached hydrogen (secondary N) is 2. The van der Waals surface area contributed by atoms with E-state index >= 15 is 0 Å². The van der Waals surface area contributed by atoms with E-state index in [1.807, 2.05) is 4.72 Å². The minimum atomic E-state index is -3.85. The molecule has 0 unspecified atom stereocenters. The first kappa shape index (κ1) is 28.2. The van der Waals surface area contributed by atoms with Crippen LogP contribution in [0.5, 0.6) is 0 Å². The van der Waals surface area contributed by atoms with E-state index in [2.05, 4.69) is 5.32 Å². The van der Waals surface area contributed by atoms with Gasteiger partial charge in [0.2, 0.25) is 10.0 Å². The van der Waals surface area contributed by atoms with E-state index < -0.39 is 62.1 Å². The molecule has 0 spiro atoms. The van der Waals surface area contributed by atoms with Crippen LogP contribution in [0.4, 0.5) is 14.5 Å². The van der Waals surface area contributed by atoms with Crippen LogP contribution in [0.3, 0.4) is 0 Å². The fourth-order valence-electron chi connectivity index (χ4n) is 4.23. The Bertz CT molecular complexity index is 1880. The number of carboxylic acid groups (broad SMARTS) is 1. The fraction of sp³-hybridized carbons (Fsp3) is 0.154. The molecule has 0 aliphatic heterocycles. The number of aliphatic carboxylic acids is 1. The first-order valence-electron chi connectivity index (χ1n) is 11.6. The molecule has 0 fully saturated rings. The molecule has 1 atom stereocenters. The number of carbonyl (C=O) groups excluding carboxylic acids is 1. The van der Waals surface area contributed by atoms with Crippen LogP contribution < -0.4 is 21.3 Å². The molecule has 4 aromatic rings. The molecule has 0 radical (unpaired) electrons. The van der Waals surface area contributed by atoms with Gasteiger partial charge in [0, 0.05) is 31.1 Å². The lowest BCUT2D eigenvalue weighted by Crippen LogP contribution is -2.43. The second-order valence-corrected chi connectivity index (χ2v) is 10.7. The molecular formula is C26H22F2N4O7S. The number of carbonyl (C=O) groups is 2. The third-order valence-corrected chi connectivity index (χ3v) is 6.59. The zero-order valence-electron chi connectivity index (χ0n) is 21.0. The van der Waals surface area contributed by atoms with E-state index in [0.29, 0.717) is 28.5 Å². The minimum absolute atomic E-state index is 0.258. The van der Waals surface area contributed by atoms with Crippen molar-refractivity contribution in [1.29, 1.82) is 0 Å². The van der Waals surface area contributed by atoms with Crippen molar-refractivity contribution in [1.82, 2.24) is 14.5 Å². The molecule has 0 saturated heterocycles. The Kier molecular flexibility index (Phi) is 7.55. The highest BCUT2D eigenvalue weighted by atomic mass is 32.2. The van der Waals surface area contributed by atoms with Crippen LogP contribution in [-0.2, 0) is 28.3 Å². The maximum absolute atomic E-state index is 14.6. The number of sulfonamides is 1. The zero-order chi connectivity index (χ0) is 29.4. The highest BCUT2D eigenvalue weighted by Crippen LogP contribution is 2.26. The first-order chi connectivity index (χ1) is 18.8. The molecule has 0 aliphatic carbocycles. The monoisotopic (exact) mass is 572 g/mol. The van der Waals surface area contributed by atoms with E-state index in [-0.39, 0.29) is 12.1 Å². The molecule has 208 valence electrons. The van der Waals surface area contributed by atoms with Crippen molar-refractivity contribution in [2.24, 2.45) is 7.05 Å². The van der Waals surface area contributed by atoms with Crippen molar-refractivity contribution < 1.29 is 31.9 Å². The van der Waals surface area contributed by atoms with E-state index in [1.165, 1.54) is 23.9 Å². The van der Waals surface area contributed by atoms with Crippen molar-refractivity contribution in [3.63, 3.8) is 0 Å². The van der Waals surface area contributed by atoms with Gasteiger partial charge in [0.05, 0.1) is 17.6 Å². The van der Waals surface area contributed by atoms with Crippen molar-refractivity contribution >= 4 is 38.4 Å². The zero-order valence-corrected chi connectivity index (χ0v) is 21.8. The van der Waals surface area contributed by atoms with Gasteiger partial charge < -0.3 is 15.0 Å². The topological polar surface area (TPSA) is 157 Å². The molecule has 1 amide bonds. The number of amides is 1. The van der Waals surface area contributed by atoms with Gasteiger partial charge in [0.15, 0.2) is 0 Å². The Morgan fingerprint density at radius 2 is 1.62 bits per heavy atom. The van der Waals surface area contributed by atoms with Gasteiger partial charge in [0.25, 0.3) is 11.5 Å². The summed E-state index contributed by atoms with van der Waals surface area (Å²) < 4.78 is 55.9. The maximum Gasteiger partial charge on any atom is 0.335 e. The number of hydrogen-bond donors (Lipinski definition) is 3. The van der Waals surface area contributed by atoms with Crippen LogP contribution in [0.25, 0.3) is 16.5 Å². The third-order valence-electron chi connectivity index (χ3n) is 5.98. The van der Waals surface area contributed by atoms with Crippen LogP contribution >= 0.6 is 0 Å². The Morgan fingerprint density at radius 3 is 2.25 bits per heavy atom. The van der Waals surface area contributed by atoms with Crippen LogP contribution in [0.2, 0.25) is 0 Å². The normalized spacial score (nSPS) is 12.2. The summed E-state index contributed by atoms with van der Waals surface area (Å²) in [5.41, 5.74) is -2.05. The molecule has 14 heteroatoms. The molecule has 3 N–H and O–H groups in total. The van der Waals surface area contributed by atoms with Crippen molar-refractivity contribution in [3.8, 4) is 5.69 Å². The summed E-state index contributed by atoms with van der Waals surface area (Å²) in [6.07, 6.45) is 1.79. The number of aryl methyl sites for hydroxylation is 1. The molecule has 4 rings (SSSR count). The van der Waals surface area contributed by atoms with E-state index in [1.54, 1.807) is 36.4 Å². The lowest BCUT2D eigenvalue weighted by Gasteiger charge is -2.18. The Morgan fingerprint density at radius 1 is 1.00 bits per heavy atom. The number of carboxylic acids is 1. The highest BCUT2D eigenvalue weighted by molar-refractivity contribution is 7.92. The quantitative estimate of drug-likeness (QED) is 0.290. The molecule has 11 nitrogen and oxygen atoms in total. The van der Waals surface area contributed by atoms with Gasteiger partial charge in [-0.05, 0) is 29.1 Å². The second kappa shape index (κ2) is 10.7. The first-order valence-corrected chi connectivity index (χ1v) is 13.5. The van der Waals surface area contributed by atoms with Gasteiger partial charge in [-0.1, -0.05) is 30.3 Å². The molecule has 40 heavy (non-hydrogen) atoms. The van der Waals surface area contributed by atoms with E-state index in [4.69, 9.17) is 0 Å². The summed E-state index contributed by atoms with van der Waals surface area (Å²) in [4.78, 5) is 50.0. The van der Waals surface area contributed by atoms with E-state index in [9.17, 15) is 41.5 Å². The average molecular weight is 573 g/mol. The molecule has 0 bridgehead atoms. The largest absolute Gasteiger partial charge is 0.480 e. The number of aromatic nitrogens is 2. The van der Waals surface area contributed by atoms with Gasteiger partial charge in [-0.15, -0.1) is 0 Å². The number of rotatable bonds is 8. The summed E-state index contributed by atoms with van der Waals surface area (Å²) in [5, 5.41) is 12.8. The number of benzene rings is 3. The SMILES string of the molecule is Cn1ccc(=O)n(-c2cccc3c(C[C@H](NC(=O)c4c(F)cc(NS(C)(=O)=O)cc4F)C(=O)O)cccc23)c1=O. The fourth-order valence-corrected chi connectivity index (χ4v) is 4.78. The van der Waals surface area contributed by atoms with Gasteiger partial charge in [0.1, 0.15) is 23.2 Å². The summed E-state index contributed by atoms with van der Waals surface area (Å²) in [6.45, 7) is 0. The van der Waals surface area contributed by atoms with Crippen LogP contribution in [0.15, 0.2) is 70.4 Å². The molecule has 0 saturated carbocycles. The summed E-state index contributed by atoms with van der Waals surface area (Å²) in [5.74, 6) is -5.67. The van der Waals surface area contributed by atoms with Gasteiger partial charge >= 0.3 is 11.7 Å². The summed E-state index contributed by atoms with van der Waals surface area (Å²) >= 11 is 0. The molecule has 1 heterocycles. The lowest BCUT2D eigenvalue weighted by atomic mass is 9.97. The molecule has 1 aromatic heterocycles. The second-order valence-electron chi connectivity index (χ2n) is 8.93. The standard InChI is InChI=1S/C26H22F2N4O7S/c1-31-10-9-22(33)32(26(31)37)21-8-4-6-16-14(5-3-7-17(16)21)11-20(25(35)36)29-24(34)23-18(27)12-15(13-19(23)28)30-40(2,38)39/h3-10,12-13,20,30H,11H2,1-2H3,(H,29,34)(H,35,36)/t20-/m0/s1.